The van der Waals surface area contributed by atoms with Crippen molar-refractivity contribution in [2.75, 3.05) is 32.7 Å². The predicted octanol–water partition coefficient (Wildman–Crippen LogP) is -0.915. The molecule has 0 spiro atoms. The van der Waals surface area contributed by atoms with Crippen LogP contribution < -0.4 is 11.1 Å². The van der Waals surface area contributed by atoms with E-state index in [9.17, 15) is 9.59 Å². The van der Waals surface area contributed by atoms with Crippen LogP contribution in [-0.4, -0.2) is 65.4 Å². The summed E-state index contributed by atoms with van der Waals surface area (Å²) in [5.41, 5.74) is 5.28. The van der Waals surface area contributed by atoms with Crippen molar-refractivity contribution in [2.24, 2.45) is 5.73 Å². The molecule has 6 nitrogen and oxygen atoms in total. The minimum absolute atomic E-state index is 0.0727. The van der Waals surface area contributed by atoms with E-state index in [0.717, 1.165) is 19.5 Å². The van der Waals surface area contributed by atoms with Crippen LogP contribution in [0.5, 0.6) is 0 Å². The molecule has 0 radical (unpaired) electrons. The van der Waals surface area contributed by atoms with Crippen LogP contribution in [-0.2, 0) is 9.59 Å². The van der Waals surface area contributed by atoms with Crippen LogP contribution in [0.25, 0.3) is 0 Å². The number of hydrogen-bond acceptors (Lipinski definition) is 4. The highest BCUT2D eigenvalue weighted by Crippen LogP contribution is 2.20. The average Bonchev–Trinajstić information content (AvgIpc) is 3.04. The SMILES string of the molecule is NC(=S)CNC(=O)C(=O)N1CCC(N2CCCC2)C1. The van der Waals surface area contributed by atoms with Crippen LogP contribution >= 0.6 is 12.2 Å². The van der Waals surface area contributed by atoms with Crippen molar-refractivity contribution in [2.45, 2.75) is 25.3 Å². The third-order valence-electron chi connectivity index (χ3n) is 3.73. The van der Waals surface area contributed by atoms with Gasteiger partial charge < -0.3 is 16.0 Å². The van der Waals surface area contributed by atoms with E-state index in [4.69, 9.17) is 5.73 Å². The number of hydrogen-bond donors (Lipinski definition) is 2. The van der Waals surface area contributed by atoms with Crippen molar-refractivity contribution < 1.29 is 9.59 Å². The van der Waals surface area contributed by atoms with Crippen LogP contribution in [0.1, 0.15) is 19.3 Å². The Morgan fingerprint density at radius 1 is 1.26 bits per heavy atom. The lowest BCUT2D eigenvalue weighted by atomic mass is 10.2. The number of nitrogens with two attached hydrogens (primary N) is 1. The summed E-state index contributed by atoms with van der Waals surface area (Å²) in [4.78, 5) is 27.8. The van der Waals surface area contributed by atoms with Crippen LogP contribution in [0.4, 0.5) is 0 Å². The molecule has 0 saturated carbocycles. The highest BCUT2D eigenvalue weighted by atomic mass is 32.1. The van der Waals surface area contributed by atoms with Gasteiger partial charge in [0.05, 0.1) is 11.5 Å². The van der Waals surface area contributed by atoms with Crippen molar-refractivity contribution in [3.63, 3.8) is 0 Å². The summed E-state index contributed by atoms with van der Waals surface area (Å²) in [6.07, 6.45) is 3.42. The molecule has 0 aromatic rings. The number of nitrogens with one attached hydrogen (secondary N) is 1. The molecule has 3 N–H and O–H groups in total. The van der Waals surface area contributed by atoms with Gasteiger partial charge >= 0.3 is 11.8 Å². The lowest BCUT2D eigenvalue weighted by molar-refractivity contribution is -0.145. The van der Waals surface area contributed by atoms with E-state index >= 15 is 0 Å². The molecular formula is C12H20N4O2S. The van der Waals surface area contributed by atoms with Crippen molar-refractivity contribution in [3.8, 4) is 0 Å². The minimum Gasteiger partial charge on any atom is -0.392 e. The van der Waals surface area contributed by atoms with E-state index < -0.39 is 11.8 Å². The summed E-state index contributed by atoms with van der Waals surface area (Å²) in [5, 5.41) is 2.43. The first kappa shape index (κ1) is 14.2. The van der Waals surface area contributed by atoms with E-state index in [0.29, 0.717) is 19.1 Å². The maximum Gasteiger partial charge on any atom is 0.311 e. The van der Waals surface area contributed by atoms with Gasteiger partial charge in [0.1, 0.15) is 0 Å². The summed E-state index contributed by atoms with van der Waals surface area (Å²) in [5.74, 6) is -1.09. The molecule has 7 heteroatoms. The number of amides is 2. The molecule has 1 atom stereocenters. The fourth-order valence-electron chi connectivity index (χ4n) is 2.72. The molecule has 0 aliphatic carbocycles. The maximum absolute atomic E-state index is 11.9. The van der Waals surface area contributed by atoms with Gasteiger partial charge in [-0.2, -0.15) is 0 Å². The maximum atomic E-state index is 11.9. The first-order chi connectivity index (χ1) is 9.08. The van der Waals surface area contributed by atoms with Gasteiger partial charge in [0, 0.05) is 19.1 Å². The normalized spacial score (nSPS) is 23.6. The standard InChI is InChI=1S/C12H20N4O2S/c13-10(19)7-14-11(17)12(18)16-6-3-9(8-16)15-4-1-2-5-15/h9H,1-8H2,(H2,13,19)(H,14,17). The molecule has 0 bridgehead atoms. The van der Waals surface area contributed by atoms with Crippen molar-refractivity contribution in [3.05, 3.63) is 0 Å². The number of likely N-dealkylation sites (tertiary alicyclic amines) is 2. The van der Waals surface area contributed by atoms with E-state index in [2.05, 4.69) is 22.4 Å². The van der Waals surface area contributed by atoms with Crippen LogP contribution in [0.15, 0.2) is 0 Å². The summed E-state index contributed by atoms with van der Waals surface area (Å²) in [6, 6.07) is 0.412. The molecule has 19 heavy (non-hydrogen) atoms. The van der Waals surface area contributed by atoms with Gasteiger partial charge in [-0.1, -0.05) is 12.2 Å². The Bertz CT molecular complexity index is 382. The molecule has 2 rings (SSSR count). The Balaban J connectivity index is 1.80. The Labute approximate surface area is 118 Å². The molecule has 1 unspecified atom stereocenters. The second-order valence-corrected chi connectivity index (χ2v) is 5.61. The average molecular weight is 284 g/mol. The summed E-state index contributed by atoms with van der Waals surface area (Å²) >= 11 is 4.66. The van der Waals surface area contributed by atoms with Crippen molar-refractivity contribution in [1.29, 1.82) is 0 Å². The lowest BCUT2D eigenvalue weighted by Gasteiger charge is -2.23. The monoisotopic (exact) mass is 284 g/mol. The third-order valence-corrected chi connectivity index (χ3v) is 3.87. The topological polar surface area (TPSA) is 78.7 Å². The van der Waals surface area contributed by atoms with Crippen LogP contribution in [0, 0.1) is 0 Å². The van der Waals surface area contributed by atoms with E-state index in [1.807, 2.05) is 0 Å². The van der Waals surface area contributed by atoms with Crippen LogP contribution in [0.2, 0.25) is 0 Å². The Kier molecular flexibility index (Phi) is 4.71. The number of carbonyl (C=O) groups excluding carboxylic acids is 2. The molecule has 2 amide bonds. The predicted molar refractivity (Wildman–Crippen MR) is 75.6 cm³/mol. The Morgan fingerprint density at radius 3 is 2.58 bits per heavy atom. The number of thiocarbonyl (C=S) groups is 1. The number of nitrogens with zero attached hydrogens (tertiary/aromatic N) is 2. The van der Waals surface area contributed by atoms with Gasteiger partial charge in [-0.3, -0.25) is 14.5 Å². The highest BCUT2D eigenvalue weighted by molar-refractivity contribution is 7.80. The molecule has 2 heterocycles. The quantitative estimate of drug-likeness (QED) is 0.518. The molecular weight excluding hydrogens is 264 g/mol. The first-order valence-electron chi connectivity index (χ1n) is 6.67. The lowest BCUT2D eigenvalue weighted by Crippen LogP contribution is -2.45. The van der Waals surface area contributed by atoms with Crippen molar-refractivity contribution >= 4 is 29.0 Å². The molecule has 2 aliphatic rings. The Hall–Kier alpha value is -1.21. The smallest absolute Gasteiger partial charge is 0.311 e. The van der Waals surface area contributed by atoms with Gasteiger partial charge in [0.2, 0.25) is 0 Å². The zero-order valence-electron chi connectivity index (χ0n) is 10.9. The highest BCUT2D eigenvalue weighted by Gasteiger charge is 2.33. The zero-order chi connectivity index (χ0) is 13.8. The molecule has 2 fully saturated rings. The van der Waals surface area contributed by atoms with Gasteiger partial charge in [-0.15, -0.1) is 0 Å². The fourth-order valence-corrected chi connectivity index (χ4v) is 2.79. The van der Waals surface area contributed by atoms with Gasteiger partial charge in [-0.05, 0) is 32.4 Å². The van der Waals surface area contributed by atoms with Crippen molar-refractivity contribution in [1.82, 2.24) is 15.1 Å². The van der Waals surface area contributed by atoms with E-state index in [1.54, 1.807) is 4.90 Å². The molecule has 0 aromatic carbocycles. The zero-order valence-corrected chi connectivity index (χ0v) is 11.7. The molecule has 2 aliphatic heterocycles. The largest absolute Gasteiger partial charge is 0.392 e. The molecule has 2 saturated heterocycles. The second-order valence-electron chi connectivity index (χ2n) is 5.09. The van der Waals surface area contributed by atoms with Gasteiger partial charge in [0.15, 0.2) is 0 Å². The van der Waals surface area contributed by atoms with Gasteiger partial charge in [0.25, 0.3) is 0 Å². The molecule has 0 aromatic heterocycles. The summed E-state index contributed by atoms with van der Waals surface area (Å²) in [7, 11) is 0. The van der Waals surface area contributed by atoms with E-state index in [-0.39, 0.29) is 11.5 Å². The Morgan fingerprint density at radius 2 is 1.95 bits per heavy atom. The third kappa shape index (κ3) is 3.63. The first-order valence-corrected chi connectivity index (χ1v) is 7.08. The van der Waals surface area contributed by atoms with Crippen LogP contribution in [0.3, 0.4) is 0 Å². The van der Waals surface area contributed by atoms with E-state index in [1.165, 1.54) is 12.8 Å². The second kappa shape index (κ2) is 6.29. The fraction of sp³-hybridized carbons (Fsp3) is 0.750. The number of rotatable bonds is 3. The summed E-state index contributed by atoms with van der Waals surface area (Å²) in [6.45, 7) is 3.60. The molecule has 106 valence electrons. The minimum atomic E-state index is -0.616. The summed E-state index contributed by atoms with van der Waals surface area (Å²) < 4.78 is 0. The van der Waals surface area contributed by atoms with Gasteiger partial charge in [-0.25, -0.2) is 0 Å². The number of carbonyl (C=O) groups is 2.